The molecule has 0 fully saturated rings. The molecule has 0 spiro atoms. The number of aryl methyl sites for hydroxylation is 8. The summed E-state index contributed by atoms with van der Waals surface area (Å²) in [6.45, 7) is 0. The van der Waals surface area contributed by atoms with Crippen LogP contribution in [-0.4, -0.2) is 0 Å². The third-order valence-corrected chi connectivity index (χ3v) is 12.9. The predicted octanol–water partition coefficient (Wildman–Crippen LogP) is 13.8. The van der Waals surface area contributed by atoms with Gasteiger partial charge in [-0.3, -0.25) is 0 Å². The molecule has 0 unspecified atom stereocenters. The fourth-order valence-electron chi connectivity index (χ4n) is 9.57. The van der Waals surface area contributed by atoms with Crippen LogP contribution < -0.4 is 0 Å². The van der Waals surface area contributed by atoms with Crippen LogP contribution in [0.1, 0.15) is 44.5 Å². The molecule has 0 aromatic heterocycles. The molecule has 0 atom stereocenters. The van der Waals surface area contributed by atoms with Crippen LogP contribution >= 0.6 is 0 Å². The molecule has 20 bridgehead atoms. The average molecular weight is 717 g/mol. The summed E-state index contributed by atoms with van der Waals surface area (Å²) in [5.41, 5.74) is 27.1. The highest BCUT2D eigenvalue weighted by atomic mass is 14.2. The highest BCUT2D eigenvalue weighted by molar-refractivity contribution is 5.79. The van der Waals surface area contributed by atoms with E-state index in [9.17, 15) is 0 Å². The summed E-state index contributed by atoms with van der Waals surface area (Å²) in [6, 6.07) is 66.1. The zero-order valence-electron chi connectivity index (χ0n) is 31.8. The Kier molecular flexibility index (Phi) is 8.17. The average Bonchev–Trinajstić information content (AvgIpc) is 3.25. The van der Waals surface area contributed by atoms with Gasteiger partial charge in [-0.2, -0.15) is 0 Å². The predicted molar refractivity (Wildman–Crippen MR) is 235 cm³/mol. The minimum Gasteiger partial charge on any atom is -0.0610 e. The van der Waals surface area contributed by atoms with E-state index in [4.69, 9.17) is 0 Å². The molecule has 13 aliphatic rings. The van der Waals surface area contributed by atoms with Crippen molar-refractivity contribution in [1.82, 2.24) is 0 Å². The second-order valence-corrected chi connectivity index (χ2v) is 16.3. The summed E-state index contributed by atoms with van der Waals surface area (Å²) in [7, 11) is 0. The van der Waals surface area contributed by atoms with Gasteiger partial charge in [0.05, 0.1) is 0 Å². The molecular formula is C56H44. The quantitative estimate of drug-likeness (QED) is 0.147. The van der Waals surface area contributed by atoms with Crippen LogP contribution in [0.5, 0.6) is 0 Å². The Morgan fingerprint density at radius 1 is 0.196 bits per heavy atom. The van der Waals surface area contributed by atoms with Gasteiger partial charge in [0, 0.05) is 0 Å². The summed E-state index contributed by atoms with van der Waals surface area (Å²) in [6.07, 6.45) is 8.11. The van der Waals surface area contributed by atoms with E-state index in [1.807, 2.05) is 0 Å². The Morgan fingerprint density at radius 2 is 0.482 bits per heavy atom. The molecule has 21 rings (SSSR count). The molecule has 8 aromatic rings. The molecule has 0 amide bonds. The van der Waals surface area contributed by atoms with Crippen LogP contribution in [0.3, 0.4) is 0 Å². The number of fused-ring (bicyclic) bond motifs is 1. The summed E-state index contributed by atoms with van der Waals surface area (Å²) < 4.78 is 0. The molecule has 8 aromatic carbocycles. The molecule has 0 heteroatoms. The summed E-state index contributed by atoms with van der Waals surface area (Å²) in [5.74, 6) is 0. The lowest BCUT2D eigenvalue weighted by molar-refractivity contribution is 0.925. The number of benzene rings is 8. The van der Waals surface area contributed by atoms with Gasteiger partial charge in [-0.1, -0.05) is 164 Å². The second kappa shape index (κ2) is 13.8. The number of hydrogen-bond donors (Lipinski definition) is 0. The first-order valence-corrected chi connectivity index (χ1v) is 20.6. The Morgan fingerprint density at radius 3 is 0.839 bits per heavy atom. The van der Waals surface area contributed by atoms with E-state index in [1.165, 1.54) is 111 Å². The maximum Gasteiger partial charge on any atom is -0.0149 e. The lowest BCUT2D eigenvalue weighted by Gasteiger charge is -2.18. The molecule has 0 nitrogen and oxygen atoms in total. The molecule has 0 heterocycles. The molecule has 0 saturated carbocycles. The topological polar surface area (TPSA) is 0 Å². The second-order valence-electron chi connectivity index (χ2n) is 16.3. The van der Waals surface area contributed by atoms with E-state index >= 15 is 0 Å². The Labute approximate surface area is 331 Å². The van der Waals surface area contributed by atoms with E-state index in [0.29, 0.717) is 0 Å². The van der Waals surface area contributed by atoms with Crippen molar-refractivity contribution in [1.29, 1.82) is 0 Å². The minimum absolute atomic E-state index is 1.01. The van der Waals surface area contributed by atoms with Gasteiger partial charge in [-0.15, -0.1) is 0 Å². The number of hydrogen-bond acceptors (Lipinski definition) is 0. The summed E-state index contributed by atoms with van der Waals surface area (Å²) in [5, 5.41) is 0. The maximum atomic E-state index is 2.48. The fourth-order valence-corrected chi connectivity index (χ4v) is 9.57. The third-order valence-electron chi connectivity index (χ3n) is 12.9. The zero-order chi connectivity index (χ0) is 37.0. The van der Waals surface area contributed by atoms with Crippen LogP contribution in [0.15, 0.2) is 170 Å². The smallest absolute Gasteiger partial charge is 0.0149 e. The van der Waals surface area contributed by atoms with Gasteiger partial charge in [0.2, 0.25) is 0 Å². The van der Waals surface area contributed by atoms with Crippen molar-refractivity contribution in [2.24, 2.45) is 0 Å². The van der Waals surface area contributed by atoms with Gasteiger partial charge in [0.15, 0.2) is 0 Å². The van der Waals surface area contributed by atoms with E-state index in [-0.39, 0.29) is 0 Å². The first kappa shape index (κ1) is 33.1. The standard InChI is InChI=1S/C56H44/c1-2-51-36-52(3-1)56-35-40-9-17-46-16-8-39(10-18-47(56)19-11-40)34-54(46)49-28-22-42(23-29-49)41-20-26-48(27-21-41)53-32-37-4-12-44(53)13-5-38-7-15-45(14-6-37)55(33-38)50-30-24-43(51)25-31-50/h1-4,7-8,11-12,15-16,19-36H,5-6,9-10,13-14,17-18H2. The SMILES string of the molecule is c1cc2cc(c1)-c1cc3ccc1CCc1ccc(c(c1)-c1ccc(cc1)-c1ccc(cc1)-c1cc4ccc1CCc1ccc(c(c1)-c1ccc-2cc1)CC4)CC3. The van der Waals surface area contributed by atoms with Crippen LogP contribution in [0.4, 0.5) is 0 Å². The molecule has 0 radical (unpaired) electrons. The van der Waals surface area contributed by atoms with Crippen molar-refractivity contribution in [2.75, 3.05) is 0 Å². The number of rotatable bonds is 0. The molecule has 56 heavy (non-hydrogen) atoms. The Bertz CT molecular complexity index is 2760. The first-order valence-electron chi connectivity index (χ1n) is 20.6. The molecular weight excluding hydrogens is 673 g/mol. The van der Waals surface area contributed by atoms with Crippen molar-refractivity contribution in [2.45, 2.75) is 51.4 Å². The Balaban J connectivity index is 1.06. The van der Waals surface area contributed by atoms with Crippen molar-refractivity contribution in [3.05, 3.63) is 214 Å². The molecule has 13 aliphatic carbocycles. The zero-order valence-corrected chi connectivity index (χ0v) is 31.8. The van der Waals surface area contributed by atoms with Crippen LogP contribution in [0.2, 0.25) is 0 Å². The fraction of sp³-hybridized carbons (Fsp3) is 0.143. The molecule has 0 saturated heterocycles. The Hall–Kier alpha value is -6.24. The van der Waals surface area contributed by atoms with E-state index in [2.05, 4.69) is 170 Å². The maximum absolute atomic E-state index is 2.48. The summed E-state index contributed by atoms with van der Waals surface area (Å²) >= 11 is 0. The van der Waals surface area contributed by atoms with E-state index in [0.717, 1.165) is 51.4 Å². The molecule has 268 valence electrons. The van der Waals surface area contributed by atoms with Crippen LogP contribution in [0, 0.1) is 0 Å². The van der Waals surface area contributed by atoms with Crippen LogP contribution in [-0.2, 0) is 51.4 Å². The third kappa shape index (κ3) is 6.20. The lowest BCUT2D eigenvalue weighted by atomic mass is 9.87. The molecule has 0 N–H and O–H groups in total. The van der Waals surface area contributed by atoms with Gasteiger partial charge < -0.3 is 0 Å². The monoisotopic (exact) mass is 716 g/mol. The van der Waals surface area contributed by atoms with Gasteiger partial charge >= 0.3 is 0 Å². The van der Waals surface area contributed by atoms with Crippen LogP contribution in [0.25, 0.3) is 66.8 Å². The first-order chi connectivity index (χ1) is 27.7. The molecule has 0 aliphatic heterocycles. The van der Waals surface area contributed by atoms with E-state index in [1.54, 1.807) is 0 Å². The van der Waals surface area contributed by atoms with Gasteiger partial charge in [-0.05, 0) is 169 Å². The largest absolute Gasteiger partial charge is 0.0610 e. The minimum atomic E-state index is 1.01. The van der Waals surface area contributed by atoms with Crippen molar-refractivity contribution >= 4 is 0 Å². The highest BCUT2D eigenvalue weighted by Gasteiger charge is 2.16. The van der Waals surface area contributed by atoms with Crippen molar-refractivity contribution in [3.8, 4) is 66.8 Å². The van der Waals surface area contributed by atoms with Gasteiger partial charge in [-0.25, -0.2) is 0 Å². The van der Waals surface area contributed by atoms with Crippen molar-refractivity contribution < 1.29 is 0 Å². The lowest BCUT2D eigenvalue weighted by Crippen LogP contribution is -2.02. The summed E-state index contributed by atoms with van der Waals surface area (Å²) in [4.78, 5) is 0. The van der Waals surface area contributed by atoms with E-state index < -0.39 is 0 Å². The van der Waals surface area contributed by atoms with Gasteiger partial charge in [0.25, 0.3) is 0 Å². The van der Waals surface area contributed by atoms with Gasteiger partial charge in [0.1, 0.15) is 0 Å². The van der Waals surface area contributed by atoms with Crippen molar-refractivity contribution in [3.63, 3.8) is 0 Å². The highest BCUT2D eigenvalue weighted by Crippen LogP contribution is 2.37. The normalized spacial score (nSPS) is 13.9.